The van der Waals surface area contributed by atoms with Gasteiger partial charge in [0.05, 0.1) is 7.11 Å². The highest BCUT2D eigenvalue weighted by molar-refractivity contribution is 6.29. The number of pyridine rings is 1. The van der Waals surface area contributed by atoms with Crippen molar-refractivity contribution < 1.29 is 9.47 Å². The Balaban J connectivity index is 1.89. The first kappa shape index (κ1) is 18.5. The second-order valence-electron chi connectivity index (χ2n) is 5.40. The molecule has 0 spiro atoms. The fraction of sp³-hybridized carbons (Fsp3) is 0.389. The van der Waals surface area contributed by atoms with Crippen LogP contribution in [0.1, 0.15) is 17.5 Å². The maximum atomic E-state index is 5.83. The number of methoxy groups -OCH3 is 1. The third-order valence-corrected chi connectivity index (χ3v) is 3.74. The molecule has 2 N–H and O–H groups in total. The van der Waals surface area contributed by atoms with Crippen molar-refractivity contribution in [2.24, 2.45) is 0 Å². The van der Waals surface area contributed by atoms with Crippen LogP contribution in [0, 0.1) is 0 Å². The van der Waals surface area contributed by atoms with Crippen molar-refractivity contribution in [1.29, 1.82) is 0 Å². The lowest BCUT2D eigenvalue weighted by Gasteiger charge is -2.13. The topological polar surface area (TPSA) is 55.4 Å². The number of rotatable bonds is 10. The smallest absolute Gasteiger partial charge is 0.161 e. The van der Waals surface area contributed by atoms with Gasteiger partial charge in [0.1, 0.15) is 11.8 Å². The van der Waals surface area contributed by atoms with Crippen LogP contribution < -0.4 is 20.1 Å². The van der Waals surface area contributed by atoms with Gasteiger partial charge in [0.2, 0.25) is 0 Å². The van der Waals surface area contributed by atoms with E-state index in [4.69, 9.17) is 21.1 Å². The molecule has 0 aliphatic carbocycles. The van der Waals surface area contributed by atoms with E-state index >= 15 is 0 Å². The minimum Gasteiger partial charge on any atom is -0.493 e. The predicted octanol–water partition coefficient (Wildman–Crippen LogP) is 3.02. The van der Waals surface area contributed by atoms with E-state index in [1.54, 1.807) is 19.4 Å². The molecule has 0 aliphatic rings. The summed E-state index contributed by atoms with van der Waals surface area (Å²) in [7, 11) is 3.61. The molecular formula is C18H24ClN3O2. The van der Waals surface area contributed by atoms with Gasteiger partial charge in [-0.2, -0.15) is 0 Å². The number of hydrogen-bond donors (Lipinski definition) is 2. The SMILES string of the molecule is CNCCCNCc1ccc(OCc2ccc(Cl)nc2)c(OC)c1. The molecule has 0 saturated carbocycles. The summed E-state index contributed by atoms with van der Waals surface area (Å²) >= 11 is 5.78. The highest BCUT2D eigenvalue weighted by atomic mass is 35.5. The van der Waals surface area contributed by atoms with Gasteiger partial charge >= 0.3 is 0 Å². The van der Waals surface area contributed by atoms with E-state index in [1.807, 2.05) is 31.3 Å². The molecule has 0 aliphatic heterocycles. The fourth-order valence-corrected chi connectivity index (χ4v) is 2.33. The van der Waals surface area contributed by atoms with E-state index in [-0.39, 0.29) is 0 Å². The van der Waals surface area contributed by atoms with Crippen LogP contribution in [0.2, 0.25) is 5.15 Å². The molecule has 2 aromatic rings. The van der Waals surface area contributed by atoms with E-state index in [2.05, 4.69) is 15.6 Å². The highest BCUT2D eigenvalue weighted by Crippen LogP contribution is 2.28. The minimum atomic E-state index is 0.419. The molecule has 1 heterocycles. The molecular weight excluding hydrogens is 326 g/mol. The Morgan fingerprint density at radius 2 is 1.92 bits per heavy atom. The van der Waals surface area contributed by atoms with Crippen LogP contribution in [-0.2, 0) is 13.2 Å². The lowest BCUT2D eigenvalue weighted by molar-refractivity contribution is 0.284. The third-order valence-electron chi connectivity index (χ3n) is 3.52. The Kier molecular flexibility index (Phi) is 7.82. The average molecular weight is 350 g/mol. The minimum absolute atomic E-state index is 0.419. The molecule has 6 heteroatoms. The van der Waals surface area contributed by atoms with Crippen LogP contribution in [0.15, 0.2) is 36.5 Å². The molecule has 5 nitrogen and oxygen atoms in total. The number of aromatic nitrogens is 1. The van der Waals surface area contributed by atoms with Crippen LogP contribution in [0.3, 0.4) is 0 Å². The summed E-state index contributed by atoms with van der Waals surface area (Å²) in [6.07, 6.45) is 2.81. The zero-order valence-electron chi connectivity index (χ0n) is 14.1. The van der Waals surface area contributed by atoms with Crippen molar-refractivity contribution in [2.45, 2.75) is 19.6 Å². The number of ether oxygens (including phenoxy) is 2. The van der Waals surface area contributed by atoms with Gasteiger partial charge in [-0.3, -0.25) is 0 Å². The van der Waals surface area contributed by atoms with E-state index in [0.717, 1.165) is 42.9 Å². The Hall–Kier alpha value is -1.82. The standard InChI is InChI=1S/C18H24ClN3O2/c1-20-8-3-9-21-11-14-4-6-16(17(10-14)23-2)24-13-15-5-7-18(19)22-12-15/h4-7,10,12,20-21H,3,8-9,11,13H2,1-2H3. The molecule has 0 radical (unpaired) electrons. The first-order chi connectivity index (χ1) is 11.7. The molecule has 0 unspecified atom stereocenters. The van der Waals surface area contributed by atoms with Gasteiger partial charge in [-0.1, -0.05) is 23.7 Å². The lowest BCUT2D eigenvalue weighted by Crippen LogP contribution is -2.19. The Labute approximate surface area is 148 Å². The van der Waals surface area contributed by atoms with Crippen LogP contribution in [0.4, 0.5) is 0 Å². The first-order valence-corrected chi connectivity index (χ1v) is 8.36. The number of halogens is 1. The summed E-state index contributed by atoms with van der Waals surface area (Å²) < 4.78 is 11.3. The number of nitrogens with one attached hydrogen (secondary N) is 2. The Bertz CT molecular complexity index is 620. The van der Waals surface area contributed by atoms with Crippen molar-refractivity contribution in [1.82, 2.24) is 15.6 Å². The maximum absolute atomic E-state index is 5.83. The molecule has 1 aromatic carbocycles. The van der Waals surface area contributed by atoms with E-state index in [1.165, 1.54) is 0 Å². The van der Waals surface area contributed by atoms with Crippen molar-refractivity contribution in [2.75, 3.05) is 27.2 Å². The molecule has 1 aromatic heterocycles. The highest BCUT2D eigenvalue weighted by Gasteiger charge is 2.06. The van der Waals surface area contributed by atoms with Gasteiger partial charge in [-0.15, -0.1) is 0 Å². The van der Waals surface area contributed by atoms with Gasteiger partial charge < -0.3 is 20.1 Å². The summed E-state index contributed by atoms with van der Waals surface area (Å²) in [4.78, 5) is 4.04. The monoisotopic (exact) mass is 349 g/mol. The summed E-state index contributed by atoms with van der Waals surface area (Å²) in [6, 6.07) is 9.63. The summed E-state index contributed by atoms with van der Waals surface area (Å²) in [5, 5.41) is 7.02. The van der Waals surface area contributed by atoms with Crippen LogP contribution >= 0.6 is 11.6 Å². The predicted molar refractivity (Wildman–Crippen MR) is 96.8 cm³/mol. The van der Waals surface area contributed by atoms with Gasteiger partial charge in [-0.05, 0) is 50.3 Å². The van der Waals surface area contributed by atoms with Gasteiger partial charge in [-0.25, -0.2) is 4.98 Å². The summed E-state index contributed by atoms with van der Waals surface area (Å²) in [5.41, 5.74) is 2.12. The fourth-order valence-electron chi connectivity index (χ4n) is 2.22. The van der Waals surface area contributed by atoms with Gasteiger partial charge in [0.25, 0.3) is 0 Å². The zero-order valence-corrected chi connectivity index (χ0v) is 14.9. The second kappa shape index (κ2) is 10.1. The molecule has 24 heavy (non-hydrogen) atoms. The normalized spacial score (nSPS) is 10.6. The van der Waals surface area contributed by atoms with Crippen LogP contribution in [0.5, 0.6) is 11.5 Å². The Morgan fingerprint density at radius 3 is 2.62 bits per heavy atom. The number of hydrogen-bond acceptors (Lipinski definition) is 5. The molecule has 2 rings (SSSR count). The molecule has 0 fully saturated rings. The average Bonchev–Trinajstić information content (AvgIpc) is 2.61. The molecule has 130 valence electrons. The Morgan fingerprint density at radius 1 is 1.08 bits per heavy atom. The van der Waals surface area contributed by atoms with Crippen molar-refractivity contribution in [3.8, 4) is 11.5 Å². The number of nitrogens with zero attached hydrogens (tertiary/aromatic N) is 1. The van der Waals surface area contributed by atoms with Crippen molar-refractivity contribution >= 4 is 11.6 Å². The number of benzene rings is 1. The van der Waals surface area contributed by atoms with E-state index < -0.39 is 0 Å². The van der Waals surface area contributed by atoms with Crippen molar-refractivity contribution in [3.63, 3.8) is 0 Å². The van der Waals surface area contributed by atoms with Crippen LogP contribution in [0.25, 0.3) is 0 Å². The lowest BCUT2D eigenvalue weighted by atomic mass is 10.2. The first-order valence-electron chi connectivity index (χ1n) is 7.98. The largest absolute Gasteiger partial charge is 0.493 e. The molecule has 0 saturated heterocycles. The van der Waals surface area contributed by atoms with Gasteiger partial charge in [0, 0.05) is 18.3 Å². The summed E-state index contributed by atoms with van der Waals surface area (Å²) in [5.74, 6) is 1.44. The van der Waals surface area contributed by atoms with Gasteiger partial charge in [0.15, 0.2) is 11.5 Å². The molecule has 0 atom stereocenters. The summed E-state index contributed by atoms with van der Waals surface area (Å²) in [6.45, 7) is 3.22. The van der Waals surface area contributed by atoms with E-state index in [9.17, 15) is 0 Å². The second-order valence-corrected chi connectivity index (χ2v) is 5.78. The van der Waals surface area contributed by atoms with Crippen molar-refractivity contribution in [3.05, 3.63) is 52.8 Å². The quantitative estimate of drug-likeness (QED) is 0.510. The third kappa shape index (κ3) is 6.00. The van der Waals surface area contributed by atoms with E-state index in [0.29, 0.717) is 17.5 Å². The molecule has 0 amide bonds. The van der Waals surface area contributed by atoms with Crippen LogP contribution in [-0.4, -0.2) is 32.2 Å². The zero-order chi connectivity index (χ0) is 17.2. The maximum Gasteiger partial charge on any atom is 0.161 e. The molecule has 0 bridgehead atoms.